The van der Waals surface area contributed by atoms with E-state index in [4.69, 9.17) is 0 Å². The average Bonchev–Trinajstić information content (AvgIpc) is 2.48. The van der Waals surface area contributed by atoms with E-state index in [0.717, 1.165) is 32.4 Å². The maximum atomic E-state index is 11.3. The summed E-state index contributed by atoms with van der Waals surface area (Å²) >= 11 is 0. The van der Waals surface area contributed by atoms with Gasteiger partial charge in [-0.1, -0.05) is 37.6 Å². The molecule has 116 valence electrons. The maximum absolute atomic E-state index is 11.3. The van der Waals surface area contributed by atoms with Crippen molar-refractivity contribution in [3.8, 4) is 0 Å². The van der Waals surface area contributed by atoms with Crippen molar-refractivity contribution in [3.05, 3.63) is 35.4 Å². The Hall–Kier alpha value is -1.35. The molecular formula is C18H27NO2. The molecule has 0 saturated carbocycles. The molecule has 0 aliphatic carbocycles. The molecule has 0 aromatic heterocycles. The van der Waals surface area contributed by atoms with Crippen LogP contribution >= 0.6 is 0 Å². The number of rotatable bonds is 5. The SMILES string of the molecule is CCCc1ccc(C(C)N2CCC(C)(C(=O)O)CC2)cc1. The molecule has 1 saturated heterocycles. The zero-order chi connectivity index (χ0) is 15.5. The van der Waals surface area contributed by atoms with E-state index in [0.29, 0.717) is 6.04 Å². The molecule has 0 bridgehead atoms. The number of aliphatic carboxylic acids is 1. The van der Waals surface area contributed by atoms with Crippen LogP contribution < -0.4 is 0 Å². The van der Waals surface area contributed by atoms with E-state index in [2.05, 4.69) is 43.0 Å². The van der Waals surface area contributed by atoms with Crippen molar-refractivity contribution < 1.29 is 9.90 Å². The van der Waals surface area contributed by atoms with Crippen LogP contribution in [0, 0.1) is 5.41 Å². The summed E-state index contributed by atoms with van der Waals surface area (Å²) in [6.45, 7) is 8.01. The molecule has 1 aromatic carbocycles. The van der Waals surface area contributed by atoms with Crippen molar-refractivity contribution in [2.24, 2.45) is 5.41 Å². The molecule has 0 amide bonds. The van der Waals surface area contributed by atoms with Gasteiger partial charge in [-0.05, 0) is 57.3 Å². The monoisotopic (exact) mass is 289 g/mol. The Balaban J connectivity index is 1.98. The van der Waals surface area contributed by atoms with Crippen LogP contribution in [0.15, 0.2) is 24.3 Å². The first-order valence-corrected chi connectivity index (χ1v) is 8.02. The van der Waals surface area contributed by atoms with Gasteiger partial charge in [0.2, 0.25) is 0 Å². The topological polar surface area (TPSA) is 40.5 Å². The summed E-state index contributed by atoms with van der Waals surface area (Å²) in [5.41, 5.74) is 2.18. The first-order valence-electron chi connectivity index (χ1n) is 8.02. The molecule has 3 heteroatoms. The van der Waals surface area contributed by atoms with Crippen LogP contribution in [-0.4, -0.2) is 29.1 Å². The van der Waals surface area contributed by atoms with Gasteiger partial charge in [-0.15, -0.1) is 0 Å². The van der Waals surface area contributed by atoms with Gasteiger partial charge in [0, 0.05) is 6.04 Å². The van der Waals surface area contributed by atoms with Crippen LogP contribution in [0.5, 0.6) is 0 Å². The number of nitrogens with zero attached hydrogens (tertiary/aromatic N) is 1. The smallest absolute Gasteiger partial charge is 0.309 e. The third kappa shape index (κ3) is 3.65. The molecule has 1 N–H and O–H groups in total. The molecular weight excluding hydrogens is 262 g/mol. The van der Waals surface area contributed by atoms with E-state index < -0.39 is 11.4 Å². The summed E-state index contributed by atoms with van der Waals surface area (Å²) in [7, 11) is 0. The summed E-state index contributed by atoms with van der Waals surface area (Å²) in [6, 6.07) is 9.25. The fourth-order valence-electron chi connectivity index (χ4n) is 3.08. The number of carboxylic acid groups (broad SMARTS) is 1. The highest BCUT2D eigenvalue weighted by Gasteiger charge is 2.37. The second kappa shape index (κ2) is 6.61. The standard InChI is InChI=1S/C18H27NO2/c1-4-5-15-6-8-16(9-7-15)14(2)19-12-10-18(3,11-13-19)17(20)21/h6-9,14H,4-5,10-13H2,1-3H3,(H,20,21). The molecule has 2 rings (SSSR count). The average molecular weight is 289 g/mol. The molecule has 0 spiro atoms. The van der Waals surface area contributed by atoms with Gasteiger partial charge in [0.1, 0.15) is 0 Å². The lowest BCUT2D eigenvalue weighted by Gasteiger charge is -2.39. The molecule has 1 atom stereocenters. The minimum absolute atomic E-state index is 0.360. The molecule has 1 aliphatic heterocycles. The highest BCUT2D eigenvalue weighted by molar-refractivity contribution is 5.74. The Morgan fingerprint density at radius 3 is 2.33 bits per heavy atom. The van der Waals surface area contributed by atoms with Gasteiger partial charge < -0.3 is 5.11 Å². The second-order valence-corrected chi connectivity index (χ2v) is 6.57. The molecule has 1 aliphatic rings. The van der Waals surface area contributed by atoms with Crippen molar-refractivity contribution in [1.82, 2.24) is 4.90 Å². The summed E-state index contributed by atoms with van der Waals surface area (Å²) in [4.78, 5) is 13.7. The molecule has 0 radical (unpaired) electrons. The van der Waals surface area contributed by atoms with Gasteiger partial charge in [0.05, 0.1) is 5.41 Å². The van der Waals surface area contributed by atoms with Gasteiger partial charge in [-0.25, -0.2) is 0 Å². The number of carbonyl (C=O) groups is 1. The summed E-state index contributed by atoms with van der Waals surface area (Å²) in [6.07, 6.45) is 3.78. The van der Waals surface area contributed by atoms with Crippen molar-refractivity contribution in [2.75, 3.05) is 13.1 Å². The Kier molecular flexibility index (Phi) is 5.04. The lowest BCUT2D eigenvalue weighted by Crippen LogP contribution is -2.43. The van der Waals surface area contributed by atoms with E-state index in [-0.39, 0.29) is 0 Å². The highest BCUT2D eigenvalue weighted by Crippen LogP contribution is 2.34. The van der Waals surface area contributed by atoms with Gasteiger partial charge in [-0.2, -0.15) is 0 Å². The number of hydrogen-bond acceptors (Lipinski definition) is 2. The largest absolute Gasteiger partial charge is 0.481 e. The molecule has 1 aromatic rings. The lowest BCUT2D eigenvalue weighted by molar-refractivity contribution is -0.151. The van der Waals surface area contributed by atoms with Crippen LogP contribution in [0.3, 0.4) is 0 Å². The van der Waals surface area contributed by atoms with Crippen LogP contribution in [0.25, 0.3) is 0 Å². The van der Waals surface area contributed by atoms with E-state index in [1.165, 1.54) is 17.5 Å². The number of likely N-dealkylation sites (tertiary alicyclic amines) is 1. The van der Waals surface area contributed by atoms with Gasteiger partial charge in [0.15, 0.2) is 0 Å². The predicted molar refractivity (Wildman–Crippen MR) is 85.4 cm³/mol. The maximum Gasteiger partial charge on any atom is 0.309 e. The Bertz CT molecular complexity index is 472. The van der Waals surface area contributed by atoms with Gasteiger partial charge in [-0.3, -0.25) is 9.69 Å². The Morgan fingerprint density at radius 2 is 1.86 bits per heavy atom. The molecule has 1 unspecified atom stereocenters. The van der Waals surface area contributed by atoms with Crippen LogP contribution in [0.1, 0.15) is 57.2 Å². The lowest BCUT2D eigenvalue weighted by atomic mass is 9.80. The van der Waals surface area contributed by atoms with Crippen LogP contribution in [0.2, 0.25) is 0 Å². The second-order valence-electron chi connectivity index (χ2n) is 6.57. The van der Waals surface area contributed by atoms with Crippen LogP contribution in [0.4, 0.5) is 0 Å². The quantitative estimate of drug-likeness (QED) is 0.894. The predicted octanol–water partition coefficient (Wildman–Crippen LogP) is 3.89. The zero-order valence-corrected chi connectivity index (χ0v) is 13.4. The third-order valence-electron chi connectivity index (χ3n) is 4.97. The molecule has 21 heavy (non-hydrogen) atoms. The summed E-state index contributed by atoms with van der Waals surface area (Å²) < 4.78 is 0. The molecule has 3 nitrogen and oxygen atoms in total. The fourth-order valence-corrected chi connectivity index (χ4v) is 3.08. The number of piperidine rings is 1. The van der Waals surface area contributed by atoms with Crippen molar-refractivity contribution >= 4 is 5.97 Å². The van der Waals surface area contributed by atoms with Crippen LogP contribution in [-0.2, 0) is 11.2 Å². The number of carboxylic acids is 1. The summed E-state index contributed by atoms with van der Waals surface area (Å²) in [5, 5.41) is 9.30. The molecule has 1 heterocycles. The number of hydrogen-bond donors (Lipinski definition) is 1. The minimum atomic E-state index is -0.654. The van der Waals surface area contributed by atoms with Crippen molar-refractivity contribution in [2.45, 2.75) is 52.5 Å². The third-order valence-corrected chi connectivity index (χ3v) is 4.97. The van der Waals surface area contributed by atoms with E-state index in [9.17, 15) is 9.90 Å². The minimum Gasteiger partial charge on any atom is -0.481 e. The van der Waals surface area contributed by atoms with Crippen molar-refractivity contribution in [3.63, 3.8) is 0 Å². The van der Waals surface area contributed by atoms with Gasteiger partial charge in [0.25, 0.3) is 0 Å². The Morgan fingerprint density at radius 1 is 1.29 bits per heavy atom. The van der Waals surface area contributed by atoms with Crippen molar-refractivity contribution in [1.29, 1.82) is 0 Å². The van der Waals surface area contributed by atoms with E-state index in [1.807, 2.05) is 6.92 Å². The zero-order valence-electron chi connectivity index (χ0n) is 13.4. The van der Waals surface area contributed by atoms with Gasteiger partial charge >= 0.3 is 5.97 Å². The Labute approximate surface area is 128 Å². The summed E-state index contributed by atoms with van der Waals surface area (Å²) in [5.74, 6) is -0.654. The fraction of sp³-hybridized carbons (Fsp3) is 0.611. The highest BCUT2D eigenvalue weighted by atomic mass is 16.4. The number of aryl methyl sites for hydroxylation is 1. The first kappa shape index (κ1) is 16.0. The molecule has 1 fully saturated rings. The van der Waals surface area contributed by atoms with E-state index in [1.54, 1.807) is 0 Å². The normalized spacial score (nSPS) is 20.1. The first-order chi connectivity index (χ1) is 9.96. The number of benzene rings is 1. The van der Waals surface area contributed by atoms with E-state index >= 15 is 0 Å².